The summed E-state index contributed by atoms with van der Waals surface area (Å²) in [4.78, 5) is 14.6. The molecule has 158 valence electrons. The van der Waals surface area contributed by atoms with Crippen molar-refractivity contribution in [2.45, 2.75) is 56.3 Å². The lowest BCUT2D eigenvalue weighted by atomic mass is 9.80. The molecule has 3 aliphatic heterocycles. The first kappa shape index (κ1) is 19.5. The summed E-state index contributed by atoms with van der Waals surface area (Å²) in [7, 11) is 0. The summed E-state index contributed by atoms with van der Waals surface area (Å²) in [5.41, 5.74) is 1.81. The predicted molar refractivity (Wildman–Crippen MR) is 109 cm³/mol. The molecule has 2 unspecified atom stereocenters. The van der Waals surface area contributed by atoms with Crippen molar-refractivity contribution < 1.29 is 24.1 Å². The van der Waals surface area contributed by atoms with Crippen molar-refractivity contribution in [1.29, 1.82) is 0 Å². The minimum atomic E-state index is -0.962. The highest BCUT2D eigenvalue weighted by Crippen LogP contribution is 2.46. The van der Waals surface area contributed by atoms with Crippen molar-refractivity contribution in [3.05, 3.63) is 71.3 Å². The molecule has 0 radical (unpaired) electrons. The second kappa shape index (κ2) is 8.02. The van der Waals surface area contributed by atoms with Gasteiger partial charge >= 0.3 is 6.09 Å². The molecule has 3 saturated heterocycles. The van der Waals surface area contributed by atoms with Gasteiger partial charge in [-0.15, -0.1) is 0 Å². The quantitative estimate of drug-likeness (QED) is 0.830. The lowest BCUT2D eigenvalue weighted by molar-refractivity contribution is -0.0555. The van der Waals surface area contributed by atoms with Gasteiger partial charge in [-0.25, -0.2) is 4.79 Å². The summed E-state index contributed by atoms with van der Waals surface area (Å²) >= 11 is 0. The number of benzene rings is 2. The van der Waals surface area contributed by atoms with Gasteiger partial charge in [-0.3, -0.25) is 0 Å². The molecule has 1 N–H and O–H groups in total. The van der Waals surface area contributed by atoms with Crippen LogP contribution in [0.15, 0.2) is 54.6 Å². The van der Waals surface area contributed by atoms with Gasteiger partial charge < -0.3 is 24.2 Å². The topological polar surface area (TPSA) is 68.2 Å². The van der Waals surface area contributed by atoms with E-state index in [1.807, 2.05) is 59.5 Å². The molecule has 3 aliphatic rings. The number of fused-ring (bicyclic) bond motifs is 2. The van der Waals surface area contributed by atoms with E-state index >= 15 is 0 Å². The lowest BCUT2D eigenvalue weighted by Crippen LogP contribution is -2.52. The van der Waals surface area contributed by atoms with Gasteiger partial charge in [0.15, 0.2) is 6.29 Å². The minimum absolute atomic E-state index is 0.0142. The number of piperidine rings is 1. The predicted octanol–water partition coefficient (Wildman–Crippen LogP) is 3.88. The Balaban J connectivity index is 1.29. The average molecular weight is 409 g/mol. The molecule has 2 bridgehead atoms. The molecule has 0 spiro atoms. The summed E-state index contributed by atoms with van der Waals surface area (Å²) < 4.78 is 16.8. The Kier molecular flexibility index (Phi) is 5.23. The van der Waals surface area contributed by atoms with Crippen LogP contribution in [-0.4, -0.2) is 41.4 Å². The molecule has 0 aliphatic carbocycles. The smallest absolute Gasteiger partial charge is 0.410 e. The zero-order chi connectivity index (χ0) is 20.6. The Hall–Kier alpha value is -2.41. The molecular weight excluding hydrogens is 382 g/mol. The molecule has 2 aromatic carbocycles. The molecular formula is C24H27NO5. The molecule has 3 heterocycles. The van der Waals surface area contributed by atoms with Crippen LogP contribution in [0, 0.1) is 0 Å². The molecule has 30 heavy (non-hydrogen) atoms. The molecule has 2 aromatic rings. The van der Waals surface area contributed by atoms with Crippen LogP contribution in [0.1, 0.15) is 48.7 Å². The van der Waals surface area contributed by atoms with Gasteiger partial charge in [-0.1, -0.05) is 48.5 Å². The summed E-state index contributed by atoms with van der Waals surface area (Å²) in [6.45, 7) is 1.44. The summed E-state index contributed by atoms with van der Waals surface area (Å²) in [6, 6.07) is 17.5. The van der Waals surface area contributed by atoms with Crippen LogP contribution in [0.25, 0.3) is 0 Å². The monoisotopic (exact) mass is 409 g/mol. The third-order valence-corrected chi connectivity index (χ3v) is 6.50. The molecule has 6 heteroatoms. The van der Waals surface area contributed by atoms with Gasteiger partial charge in [0, 0.05) is 30.5 Å². The maximum absolute atomic E-state index is 12.8. The molecule has 1 amide bonds. The van der Waals surface area contributed by atoms with E-state index < -0.39 is 5.60 Å². The maximum Gasteiger partial charge on any atom is 0.410 e. The Morgan fingerprint density at radius 2 is 1.73 bits per heavy atom. The number of rotatable bonds is 4. The third-order valence-electron chi connectivity index (χ3n) is 6.50. The fourth-order valence-electron chi connectivity index (χ4n) is 5.08. The Morgan fingerprint density at radius 1 is 1.03 bits per heavy atom. The maximum atomic E-state index is 12.8. The van der Waals surface area contributed by atoms with Crippen LogP contribution in [0.2, 0.25) is 0 Å². The van der Waals surface area contributed by atoms with E-state index in [1.165, 1.54) is 0 Å². The van der Waals surface area contributed by atoms with E-state index in [4.69, 9.17) is 14.2 Å². The highest BCUT2D eigenvalue weighted by Gasteiger charge is 2.50. The number of aliphatic hydroxyl groups is 1. The second-order valence-electron chi connectivity index (χ2n) is 8.47. The fourth-order valence-corrected chi connectivity index (χ4v) is 5.08. The van der Waals surface area contributed by atoms with Crippen molar-refractivity contribution in [3.8, 4) is 0 Å². The fraction of sp³-hybridized carbons (Fsp3) is 0.458. The summed E-state index contributed by atoms with van der Waals surface area (Å²) in [6.07, 6.45) is 2.16. The van der Waals surface area contributed by atoms with Crippen LogP contribution in [0.3, 0.4) is 0 Å². The van der Waals surface area contributed by atoms with E-state index in [1.54, 1.807) is 0 Å². The summed E-state index contributed by atoms with van der Waals surface area (Å²) in [5.74, 6) is 0. The molecule has 2 atom stereocenters. The zero-order valence-corrected chi connectivity index (χ0v) is 16.9. The second-order valence-corrected chi connectivity index (χ2v) is 8.47. The Labute approximate surface area is 176 Å². The Morgan fingerprint density at radius 3 is 2.43 bits per heavy atom. The van der Waals surface area contributed by atoms with Crippen molar-refractivity contribution in [2.24, 2.45) is 0 Å². The third kappa shape index (κ3) is 3.71. The lowest BCUT2D eigenvalue weighted by Gasteiger charge is -2.43. The Bertz CT molecular complexity index is 881. The zero-order valence-electron chi connectivity index (χ0n) is 16.9. The van der Waals surface area contributed by atoms with Crippen molar-refractivity contribution in [1.82, 2.24) is 4.90 Å². The van der Waals surface area contributed by atoms with Crippen LogP contribution in [0.4, 0.5) is 4.79 Å². The first-order valence-corrected chi connectivity index (χ1v) is 10.7. The normalized spacial score (nSPS) is 28.6. The number of nitrogens with zero attached hydrogens (tertiary/aromatic N) is 1. The van der Waals surface area contributed by atoms with Crippen LogP contribution < -0.4 is 0 Å². The van der Waals surface area contributed by atoms with Gasteiger partial charge in [-0.2, -0.15) is 0 Å². The first-order valence-electron chi connectivity index (χ1n) is 10.7. The number of carbonyl (C=O) groups is 1. The van der Waals surface area contributed by atoms with Gasteiger partial charge in [0.2, 0.25) is 0 Å². The van der Waals surface area contributed by atoms with Crippen molar-refractivity contribution in [2.75, 3.05) is 13.2 Å². The molecule has 5 rings (SSSR count). The first-order chi connectivity index (χ1) is 14.6. The highest BCUT2D eigenvalue weighted by atomic mass is 16.7. The van der Waals surface area contributed by atoms with Gasteiger partial charge in [0.1, 0.15) is 6.61 Å². The number of hydrogen-bond donors (Lipinski definition) is 1. The van der Waals surface area contributed by atoms with E-state index in [0.717, 1.165) is 29.5 Å². The van der Waals surface area contributed by atoms with Crippen molar-refractivity contribution >= 4 is 6.09 Å². The number of hydrogen-bond acceptors (Lipinski definition) is 5. The molecule has 6 nitrogen and oxygen atoms in total. The van der Waals surface area contributed by atoms with Crippen LogP contribution in [-0.2, 0) is 26.4 Å². The molecule has 0 aromatic heterocycles. The summed E-state index contributed by atoms with van der Waals surface area (Å²) in [5, 5.41) is 11.5. The van der Waals surface area contributed by atoms with Gasteiger partial charge in [-0.05, 0) is 30.0 Å². The van der Waals surface area contributed by atoms with Crippen LogP contribution in [0.5, 0.6) is 0 Å². The van der Waals surface area contributed by atoms with E-state index in [9.17, 15) is 9.90 Å². The number of ether oxygens (including phenoxy) is 3. The average Bonchev–Trinajstić information content (AvgIpc) is 3.40. The standard InChI is InChI=1S/C24H27NO5/c26-23(30-16-17-5-2-1-3-6-17)25-20-9-10-21(25)15-24(27,14-20)19-8-4-7-18(13-19)22-28-11-12-29-22/h1-8,13,20-22,27H,9-12,14-16H2. The van der Waals surface area contributed by atoms with E-state index in [2.05, 4.69) is 0 Å². The van der Waals surface area contributed by atoms with Gasteiger partial charge in [0.25, 0.3) is 0 Å². The highest BCUT2D eigenvalue weighted by molar-refractivity contribution is 5.69. The largest absolute Gasteiger partial charge is 0.445 e. The minimum Gasteiger partial charge on any atom is -0.445 e. The molecule has 0 saturated carbocycles. The van der Waals surface area contributed by atoms with E-state index in [0.29, 0.717) is 26.1 Å². The van der Waals surface area contributed by atoms with E-state index in [-0.39, 0.29) is 31.1 Å². The molecule has 3 fully saturated rings. The van der Waals surface area contributed by atoms with Gasteiger partial charge in [0.05, 0.1) is 18.8 Å². The number of carbonyl (C=O) groups excluding carboxylic acids is 1. The number of amides is 1. The SMILES string of the molecule is O=C(OCc1ccccc1)N1C2CCC1CC(O)(c1cccc(C3OCCO3)c1)C2. The van der Waals surface area contributed by atoms with Crippen LogP contribution >= 0.6 is 0 Å². The van der Waals surface area contributed by atoms with Crippen molar-refractivity contribution in [3.63, 3.8) is 0 Å².